The van der Waals surface area contributed by atoms with Crippen molar-refractivity contribution < 1.29 is 45.4 Å². The molecule has 0 saturated carbocycles. The van der Waals surface area contributed by atoms with E-state index in [4.69, 9.17) is 14.9 Å². The van der Waals surface area contributed by atoms with Gasteiger partial charge in [-0.2, -0.15) is 22.0 Å². The van der Waals surface area contributed by atoms with Gasteiger partial charge in [0.05, 0.1) is 25.4 Å². The Bertz CT molecular complexity index is 1590. The Morgan fingerprint density at radius 2 is 1.78 bits per heavy atom. The first kappa shape index (κ1) is 29.2. The van der Waals surface area contributed by atoms with Crippen LogP contribution in [0.15, 0.2) is 52.9 Å². The number of alkyl halides is 5. The highest BCUT2D eigenvalue weighted by Crippen LogP contribution is 2.37. The first-order chi connectivity index (χ1) is 19.4. The van der Waals surface area contributed by atoms with Crippen molar-refractivity contribution in [3.8, 4) is 23.0 Å². The zero-order valence-electron chi connectivity index (χ0n) is 21.4. The Kier molecular flexibility index (Phi) is 8.37. The number of rotatable bonds is 9. The van der Waals surface area contributed by atoms with Gasteiger partial charge in [0, 0.05) is 10.9 Å². The Balaban J connectivity index is 1.60. The quantitative estimate of drug-likeness (QED) is 0.238. The van der Waals surface area contributed by atoms with Gasteiger partial charge in [0.1, 0.15) is 22.7 Å². The van der Waals surface area contributed by atoms with Crippen molar-refractivity contribution in [3.63, 3.8) is 0 Å². The summed E-state index contributed by atoms with van der Waals surface area (Å²) < 4.78 is 80.3. The number of hydrogen-bond acceptors (Lipinski definition) is 8. The number of fused-ring (bicyclic) bond motifs is 1. The fraction of sp³-hybridized carbons (Fsp3) is 0.231. The van der Waals surface area contributed by atoms with Crippen molar-refractivity contribution in [2.75, 3.05) is 19.0 Å². The number of ether oxygens (including phenoxy) is 2. The second kappa shape index (κ2) is 11.8. The molecule has 0 spiro atoms. The van der Waals surface area contributed by atoms with E-state index in [0.29, 0.717) is 0 Å². The molecule has 2 amide bonds. The van der Waals surface area contributed by atoms with Crippen LogP contribution in [0.4, 0.5) is 27.6 Å². The smallest absolute Gasteiger partial charge is 0.433 e. The minimum atomic E-state index is -4.70. The van der Waals surface area contributed by atoms with Crippen LogP contribution in [0.3, 0.4) is 0 Å². The predicted octanol–water partition coefficient (Wildman–Crippen LogP) is 4.91. The third-order valence-electron chi connectivity index (χ3n) is 5.63. The maximum atomic E-state index is 13.3. The fourth-order valence-electron chi connectivity index (χ4n) is 3.83. The number of carbonyl (C=O) groups excluding carboxylic acids is 2. The van der Waals surface area contributed by atoms with Crippen molar-refractivity contribution in [2.24, 2.45) is 5.73 Å². The zero-order chi connectivity index (χ0) is 29.9. The molecule has 1 atom stereocenters. The molecule has 0 bridgehead atoms. The summed E-state index contributed by atoms with van der Waals surface area (Å²) in [4.78, 5) is 33.2. The largest absolute Gasteiger partial charge is 0.494 e. The summed E-state index contributed by atoms with van der Waals surface area (Å²) in [6.07, 6.45) is -4.70. The first-order valence-corrected chi connectivity index (χ1v) is 11.8. The van der Waals surface area contributed by atoms with Crippen molar-refractivity contribution >= 4 is 28.4 Å². The van der Waals surface area contributed by atoms with Gasteiger partial charge in [0.25, 0.3) is 5.91 Å². The molecule has 15 heteroatoms. The molecule has 0 aliphatic carbocycles. The lowest BCUT2D eigenvalue weighted by molar-refractivity contribution is -0.141. The number of benzene rings is 2. The van der Waals surface area contributed by atoms with E-state index in [0.717, 1.165) is 6.07 Å². The molecule has 216 valence electrons. The fourth-order valence-corrected chi connectivity index (χ4v) is 3.83. The molecule has 10 nitrogen and oxygen atoms in total. The van der Waals surface area contributed by atoms with E-state index in [2.05, 4.69) is 25.3 Å². The molecule has 0 aliphatic rings. The number of carbonyl (C=O) groups is 2. The highest BCUT2D eigenvalue weighted by atomic mass is 19.4. The molecular formula is C26H22F5N5O5. The molecule has 0 unspecified atom stereocenters. The van der Waals surface area contributed by atoms with E-state index in [1.165, 1.54) is 56.5 Å². The number of amides is 2. The van der Waals surface area contributed by atoms with Crippen LogP contribution in [-0.4, -0.2) is 42.0 Å². The number of pyridine rings is 1. The van der Waals surface area contributed by atoms with Crippen LogP contribution in [0.2, 0.25) is 0 Å². The third-order valence-corrected chi connectivity index (χ3v) is 5.63. The summed E-state index contributed by atoms with van der Waals surface area (Å²) in [6, 6.07) is 9.46. The van der Waals surface area contributed by atoms with E-state index in [9.17, 15) is 31.5 Å². The molecule has 2 heterocycles. The second-order valence-corrected chi connectivity index (χ2v) is 8.53. The van der Waals surface area contributed by atoms with E-state index in [1.807, 2.05) is 0 Å². The number of methoxy groups -OCH3 is 1. The summed E-state index contributed by atoms with van der Waals surface area (Å²) in [6.45, 7) is -2.19. The van der Waals surface area contributed by atoms with E-state index in [1.54, 1.807) is 0 Å². The molecule has 2 aromatic carbocycles. The van der Waals surface area contributed by atoms with Crippen LogP contribution >= 0.6 is 0 Å². The lowest BCUT2D eigenvalue weighted by atomic mass is 10.1. The van der Waals surface area contributed by atoms with E-state index < -0.39 is 42.9 Å². The van der Waals surface area contributed by atoms with E-state index >= 15 is 0 Å². The molecule has 0 aliphatic heterocycles. The maximum absolute atomic E-state index is 13.3. The van der Waals surface area contributed by atoms with Crippen LogP contribution in [0, 0.1) is 0 Å². The standard InChI is InChI=1S/C26H22F5N5O5/c1-12(32)22-21(23(38)33-11-19(37)34-15-5-3-4-6-16(15)40-25(27)28)36-24(41-22)14-7-9-17(39-2)20-13(14)8-10-18(35-20)26(29,30)31/h3-10,12,25H,11,32H2,1-2H3,(H,33,38)(H,34,37)/t12-/m0/s1. The lowest BCUT2D eigenvalue weighted by Crippen LogP contribution is -2.34. The average Bonchev–Trinajstić information content (AvgIpc) is 3.37. The molecule has 4 rings (SSSR count). The average molecular weight is 579 g/mol. The molecular weight excluding hydrogens is 557 g/mol. The first-order valence-electron chi connectivity index (χ1n) is 11.8. The van der Waals surface area contributed by atoms with Gasteiger partial charge >= 0.3 is 12.8 Å². The van der Waals surface area contributed by atoms with Gasteiger partial charge in [0.15, 0.2) is 11.5 Å². The lowest BCUT2D eigenvalue weighted by Gasteiger charge is -2.12. The van der Waals surface area contributed by atoms with Crippen LogP contribution in [-0.2, 0) is 11.0 Å². The molecule has 2 aromatic heterocycles. The Labute approximate surface area is 228 Å². The van der Waals surface area contributed by atoms with Crippen molar-refractivity contribution in [2.45, 2.75) is 25.8 Å². The maximum Gasteiger partial charge on any atom is 0.433 e. The summed E-state index contributed by atoms with van der Waals surface area (Å²) in [7, 11) is 1.28. The van der Waals surface area contributed by atoms with E-state index in [-0.39, 0.29) is 51.0 Å². The molecule has 41 heavy (non-hydrogen) atoms. The number of anilines is 1. The number of para-hydroxylation sites is 2. The zero-order valence-corrected chi connectivity index (χ0v) is 21.4. The summed E-state index contributed by atoms with van der Waals surface area (Å²) in [5.41, 5.74) is 4.61. The number of nitrogens with zero attached hydrogens (tertiary/aromatic N) is 2. The van der Waals surface area contributed by atoms with Gasteiger partial charge in [-0.15, -0.1) is 0 Å². The minimum absolute atomic E-state index is 0.0410. The topological polar surface area (TPSA) is 142 Å². The Hall–Kier alpha value is -4.79. The summed E-state index contributed by atoms with van der Waals surface area (Å²) in [5.74, 6) is -2.02. The predicted molar refractivity (Wildman–Crippen MR) is 135 cm³/mol. The van der Waals surface area contributed by atoms with Gasteiger partial charge in [-0.05, 0) is 43.3 Å². The second-order valence-electron chi connectivity index (χ2n) is 8.53. The van der Waals surface area contributed by atoms with Gasteiger partial charge in [-0.25, -0.2) is 9.97 Å². The molecule has 0 radical (unpaired) electrons. The summed E-state index contributed by atoms with van der Waals surface area (Å²) in [5, 5.41) is 4.90. The van der Waals surface area contributed by atoms with Crippen molar-refractivity contribution in [3.05, 3.63) is 65.7 Å². The normalized spacial score (nSPS) is 12.3. The Morgan fingerprint density at radius 3 is 2.44 bits per heavy atom. The number of halogens is 5. The van der Waals surface area contributed by atoms with Crippen LogP contribution in [0.5, 0.6) is 11.5 Å². The molecule has 0 saturated heterocycles. The highest BCUT2D eigenvalue weighted by Gasteiger charge is 2.33. The molecule has 0 fully saturated rings. The monoisotopic (exact) mass is 579 g/mol. The molecule has 4 N–H and O–H groups in total. The minimum Gasteiger partial charge on any atom is -0.494 e. The van der Waals surface area contributed by atoms with Crippen LogP contribution in [0.1, 0.15) is 34.9 Å². The SMILES string of the molecule is COc1ccc(-c2nc(C(=O)NCC(=O)Nc3ccccc3OC(F)F)c([C@H](C)N)o2)c2ccc(C(F)(F)F)nc12. The third kappa shape index (κ3) is 6.51. The number of oxazole rings is 1. The van der Waals surface area contributed by atoms with Crippen molar-refractivity contribution in [1.82, 2.24) is 15.3 Å². The van der Waals surface area contributed by atoms with Gasteiger partial charge < -0.3 is 30.3 Å². The number of nitrogens with one attached hydrogen (secondary N) is 2. The molecule has 4 aromatic rings. The Morgan fingerprint density at radius 1 is 1.05 bits per heavy atom. The number of aromatic nitrogens is 2. The van der Waals surface area contributed by atoms with Crippen LogP contribution in [0.25, 0.3) is 22.4 Å². The highest BCUT2D eigenvalue weighted by molar-refractivity contribution is 6.01. The van der Waals surface area contributed by atoms with Crippen LogP contribution < -0.4 is 25.8 Å². The van der Waals surface area contributed by atoms with Crippen molar-refractivity contribution in [1.29, 1.82) is 0 Å². The van der Waals surface area contributed by atoms with Gasteiger partial charge in [0.2, 0.25) is 11.8 Å². The summed E-state index contributed by atoms with van der Waals surface area (Å²) >= 11 is 0. The van der Waals surface area contributed by atoms with Gasteiger partial charge in [-0.1, -0.05) is 12.1 Å². The number of nitrogens with two attached hydrogens (primary N) is 1. The number of hydrogen-bond donors (Lipinski definition) is 3. The van der Waals surface area contributed by atoms with Gasteiger partial charge in [-0.3, -0.25) is 9.59 Å².